The van der Waals surface area contributed by atoms with E-state index < -0.39 is 6.04 Å². The molecule has 0 spiro atoms. The van der Waals surface area contributed by atoms with Gasteiger partial charge in [-0.1, -0.05) is 6.08 Å². The Morgan fingerprint density at radius 3 is 2.79 bits per heavy atom. The van der Waals surface area contributed by atoms with Gasteiger partial charge in [-0.05, 0) is 13.3 Å². The number of ether oxygens (including phenoxy) is 1. The topological polar surface area (TPSA) is 55.6 Å². The number of hydrogen-bond donors (Lipinski definition) is 1. The number of rotatable bonds is 7. The molecule has 4 nitrogen and oxygen atoms in total. The molecule has 1 amide bonds. The van der Waals surface area contributed by atoms with Gasteiger partial charge in [-0.15, -0.1) is 6.58 Å². The van der Waals surface area contributed by atoms with Gasteiger partial charge in [0, 0.05) is 20.2 Å². The van der Waals surface area contributed by atoms with Crippen molar-refractivity contribution in [3.63, 3.8) is 0 Å². The summed E-state index contributed by atoms with van der Waals surface area (Å²) in [6.45, 7) is 7.28. The molecule has 4 heteroatoms. The summed E-state index contributed by atoms with van der Waals surface area (Å²) in [6, 6.07) is -0.468. The van der Waals surface area contributed by atoms with Crippen molar-refractivity contribution in [3.05, 3.63) is 12.7 Å². The quantitative estimate of drug-likeness (QED) is 0.605. The van der Waals surface area contributed by atoms with E-state index in [4.69, 9.17) is 10.5 Å². The zero-order valence-electron chi connectivity index (χ0n) is 9.03. The van der Waals surface area contributed by atoms with Gasteiger partial charge in [0.1, 0.15) is 0 Å². The highest BCUT2D eigenvalue weighted by molar-refractivity contribution is 5.81. The molecular weight excluding hydrogens is 180 g/mol. The molecule has 0 saturated heterocycles. The third-order valence-electron chi connectivity index (χ3n) is 2.00. The molecule has 0 saturated carbocycles. The average Bonchev–Trinajstić information content (AvgIpc) is 2.19. The van der Waals surface area contributed by atoms with Gasteiger partial charge in [0.25, 0.3) is 0 Å². The first-order valence-electron chi connectivity index (χ1n) is 4.81. The fourth-order valence-electron chi connectivity index (χ4n) is 1.14. The molecule has 0 bridgehead atoms. The summed E-state index contributed by atoms with van der Waals surface area (Å²) in [4.78, 5) is 13.4. The van der Waals surface area contributed by atoms with Gasteiger partial charge in [0.15, 0.2) is 0 Å². The van der Waals surface area contributed by atoms with E-state index in [0.29, 0.717) is 26.1 Å². The Balaban J connectivity index is 4.07. The van der Waals surface area contributed by atoms with Crippen LogP contribution in [0.15, 0.2) is 12.7 Å². The Labute approximate surface area is 85.7 Å². The molecule has 0 fully saturated rings. The highest BCUT2D eigenvalue weighted by atomic mass is 16.5. The number of amides is 1. The van der Waals surface area contributed by atoms with Crippen LogP contribution >= 0.6 is 0 Å². The maximum absolute atomic E-state index is 11.7. The largest absolute Gasteiger partial charge is 0.383 e. The second-order valence-corrected chi connectivity index (χ2v) is 3.04. The Kier molecular flexibility index (Phi) is 7.06. The summed E-state index contributed by atoms with van der Waals surface area (Å²) in [5.74, 6) is -0.0375. The molecule has 82 valence electrons. The smallest absolute Gasteiger partial charge is 0.239 e. The minimum atomic E-state index is -0.468. The van der Waals surface area contributed by atoms with Crippen LogP contribution in [0.2, 0.25) is 0 Å². The first-order chi connectivity index (χ1) is 6.67. The summed E-state index contributed by atoms with van der Waals surface area (Å²) in [5.41, 5.74) is 5.67. The fourth-order valence-corrected chi connectivity index (χ4v) is 1.14. The van der Waals surface area contributed by atoms with Gasteiger partial charge in [0.05, 0.1) is 12.6 Å². The predicted molar refractivity (Wildman–Crippen MR) is 56.9 cm³/mol. The van der Waals surface area contributed by atoms with Crippen molar-refractivity contribution in [1.29, 1.82) is 0 Å². The number of carbonyl (C=O) groups excluding carboxylic acids is 1. The van der Waals surface area contributed by atoms with Crippen molar-refractivity contribution >= 4 is 5.91 Å². The van der Waals surface area contributed by atoms with Crippen LogP contribution in [0.1, 0.15) is 13.3 Å². The Morgan fingerprint density at radius 2 is 2.36 bits per heavy atom. The van der Waals surface area contributed by atoms with E-state index in [0.717, 1.165) is 0 Å². The number of nitrogens with two attached hydrogens (primary N) is 1. The maximum atomic E-state index is 11.7. The van der Waals surface area contributed by atoms with Crippen LogP contribution in [0.4, 0.5) is 0 Å². The normalized spacial score (nSPS) is 12.2. The Morgan fingerprint density at radius 1 is 1.71 bits per heavy atom. The molecule has 0 aliphatic carbocycles. The molecule has 1 unspecified atom stereocenters. The van der Waals surface area contributed by atoms with E-state index in [-0.39, 0.29) is 5.91 Å². The highest BCUT2D eigenvalue weighted by Crippen LogP contribution is 1.97. The molecule has 2 N–H and O–H groups in total. The SMILES string of the molecule is C=CCC(N)C(=O)N(CC)CCOC. The molecule has 0 aliphatic heterocycles. The van der Waals surface area contributed by atoms with Gasteiger partial charge < -0.3 is 15.4 Å². The van der Waals surface area contributed by atoms with E-state index in [2.05, 4.69) is 6.58 Å². The first-order valence-corrected chi connectivity index (χ1v) is 4.81. The van der Waals surface area contributed by atoms with Crippen LogP contribution in [0, 0.1) is 0 Å². The maximum Gasteiger partial charge on any atom is 0.239 e. The molecule has 14 heavy (non-hydrogen) atoms. The third kappa shape index (κ3) is 4.39. The number of carbonyl (C=O) groups is 1. The van der Waals surface area contributed by atoms with Crippen LogP contribution in [-0.2, 0) is 9.53 Å². The summed E-state index contributed by atoms with van der Waals surface area (Å²) in [6.07, 6.45) is 2.18. The van der Waals surface area contributed by atoms with Gasteiger partial charge in [-0.25, -0.2) is 0 Å². The Hall–Kier alpha value is -0.870. The monoisotopic (exact) mass is 200 g/mol. The minimum absolute atomic E-state index is 0.0375. The number of hydrogen-bond acceptors (Lipinski definition) is 3. The van der Waals surface area contributed by atoms with E-state index in [1.807, 2.05) is 6.92 Å². The van der Waals surface area contributed by atoms with Crippen molar-refractivity contribution in [3.8, 4) is 0 Å². The standard InChI is InChI=1S/C10H20N2O2/c1-4-6-9(11)10(13)12(5-2)7-8-14-3/h4,9H,1,5-8,11H2,2-3H3. The fraction of sp³-hybridized carbons (Fsp3) is 0.700. The van der Waals surface area contributed by atoms with Gasteiger partial charge in [-0.3, -0.25) is 4.79 Å². The van der Waals surface area contributed by atoms with Gasteiger partial charge >= 0.3 is 0 Å². The van der Waals surface area contributed by atoms with E-state index in [9.17, 15) is 4.79 Å². The van der Waals surface area contributed by atoms with Crippen molar-refractivity contribution < 1.29 is 9.53 Å². The van der Waals surface area contributed by atoms with Crippen molar-refractivity contribution in [2.75, 3.05) is 26.8 Å². The third-order valence-corrected chi connectivity index (χ3v) is 2.00. The van der Waals surface area contributed by atoms with E-state index >= 15 is 0 Å². The molecule has 1 atom stereocenters. The van der Waals surface area contributed by atoms with Crippen molar-refractivity contribution in [1.82, 2.24) is 4.90 Å². The van der Waals surface area contributed by atoms with Crippen molar-refractivity contribution in [2.24, 2.45) is 5.73 Å². The van der Waals surface area contributed by atoms with Crippen LogP contribution in [0.3, 0.4) is 0 Å². The van der Waals surface area contributed by atoms with Gasteiger partial charge in [-0.2, -0.15) is 0 Å². The first kappa shape index (κ1) is 13.1. The number of methoxy groups -OCH3 is 1. The zero-order valence-corrected chi connectivity index (χ0v) is 9.03. The van der Waals surface area contributed by atoms with E-state index in [1.54, 1.807) is 18.1 Å². The summed E-state index contributed by atoms with van der Waals surface area (Å²) in [5, 5.41) is 0. The Bertz CT molecular complexity index is 183. The lowest BCUT2D eigenvalue weighted by Gasteiger charge is -2.23. The molecular formula is C10H20N2O2. The lowest BCUT2D eigenvalue weighted by Crippen LogP contribution is -2.44. The van der Waals surface area contributed by atoms with E-state index in [1.165, 1.54) is 0 Å². The summed E-state index contributed by atoms with van der Waals surface area (Å²) >= 11 is 0. The number of likely N-dealkylation sites (N-methyl/N-ethyl adjacent to an activating group) is 1. The molecule has 0 heterocycles. The van der Waals surface area contributed by atoms with Crippen LogP contribution in [0.25, 0.3) is 0 Å². The van der Waals surface area contributed by atoms with Crippen LogP contribution in [0.5, 0.6) is 0 Å². The van der Waals surface area contributed by atoms with Crippen LogP contribution < -0.4 is 5.73 Å². The highest BCUT2D eigenvalue weighted by Gasteiger charge is 2.17. The predicted octanol–water partition coefficient (Wildman–Crippen LogP) is 0.385. The van der Waals surface area contributed by atoms with Gasteiger partial charge in [0.2, 0.25) is 5.91 Å². The van der Waals surface area contributed by atoms with Crippen molar-refractivity contribution in [2.45, 2.75) is 19.4 Å². The number of nitrogens with zero attached hydrogens (tertiary/aromatic N) is 1. The molecule has 0 radical (unpaired) electrons. The second-order valence-electron chi connectivity index (χ2n) is 3.04. The molecule has 0 aromatic rings. The minimum Gasteiger partial charge on any atom is -0.383 e. The second kappa shape index (κ2) is 7.53. The molecule has 0 aromatic heterocycles. The lowest BCUT2D eigenvalue weighted by molar-refractivity contribution is -0.132. The molecule has 0 aliphatic rings. The van der Waals surface area contributed by atoms with Crippen LogP contribution in [-0.4, -0.2) is 43.7 Å². The molecule has 0 rings (SSSR count). The summed E-state index contributed by atoms with van der Waals surface area (Å²) < 4.78 is 4.91. The lowest BCUT2D eigenvalue weighted by atomic mass is 10.2. The summed E-state index contributed by atoms with van der Waals surface area (Å²) in [7, 11) is 1.61. The average molecular weight is 200 g/mol. The zero-order chi connectivity index (χ0) is 11.0. The molecule has 0 aromatic carbocycles.